The zero-order valence-electron chi connectivity index (χ0n) is 7.84. The third-order valence-corrected chi connectivity index (χ3v) is 2.48. The molecule has 0 saturated heterocycles. The molecule has 0 amide bonds. The molecule has 12 heavy (non-hydrogen) atoms. The highest BCUT2D eigenvalue weighted by atomic mass is 16.5. The molecular weight excluding hydrogens is 152 g/mol. The lowest BCUT2D eigenvalue weighted by Crippen LogP contribution is -2.16. The molecule has 0 N–H and O–H groups in total. The molecule has 0 bridgehead atoms. The minimum Gasteiger partial charge on any atom is -0.466 e. The molecule has 0 heterocycles. The smallest absolute Gasteiger partial charge is 0.308 e. The SMILES string of the molecule is CCOC(=O)C1CCCCCC1. The van der Waals surface area contributed by atoms with Gasteiger partial charge in [0.15, 0.2) is 0 Å². The second kappa shape index (κ2) is 5.18. The maximum Gasteiger partial charge on any atom is 0.308 e. The highest BCUT2D eigenvalue weighted by molar-refractivity contribution is 5.72. The Morgan fingerprint density at radius 1 is 1.25 bits per heavy atom. The van der Waals surface area contributed by atoms with Crippen LogP contribution in [0.5, 0.6) is 0 Å². The summed E-state index contributed by atoms with van der Waals surface area (Å²) in [5.41, 5.74) is 0. The van der Waals surface area contributed by atoms with Crippen molar-refractivity contribution in [2.24, 2.45) is 5.92 Å². The Labute approximate surface area is 74.3 Å². The molecule has 0 aliphatic heterocycles. The molecule has 2 heteroatoms. The van der Waals surface area contributed by atoms with Crippen molar-refractivity contribution in [3.05, 3.63) is 0 Å². The fourth-order valence-corrected chi connectivity index (χ4v) is 1.78. The Kier molecular flexibility index (Phi) is 4.12. The Morgan fingerprint density at radius 3 is 2.33 bits per heavy atom. The first-order chi connectivity index (χ1) is 5.84. The summed E-state index contributed by atoms with van der Waals surface area (Å²) in [6, 6.07) is 0. The van der Waals surface area contributed by atoms with Gasteiger partial charge in [-0.25, -0.2) is 0 Å². The van der Waals surface area contributed by atoms with Crippen LogP contribution in [0.2, 0.25) is 0 Å². The minimum atomic E-state index is 0.0272. The molecule has 0 aromatic rings. The molecule has 0 aromatic carbocycles. The molecule has 0 radical (unpaired) electrons. The van der Waals surface area contributed by atoms with Crippen molar-refractivity contribution in [3.63, 3.8) is 0 Å². The van der Waals surface area contributed by atoms with E-state index in [-0.39, 0.29) is 11.9 Å². The molecule has 0 unspecified atom stereocenters. The van der Waals surface area contributed by atoms with Crippen LogP contribution in [0.3, 0.4) is 0 Å². The normalized spacial score (nSPS) is 20.1. The quantitative estimate of drug-likeness (QED) is 0.470. The fraction of sp³-hybridized carbons (Fsp3) is 0.900. The van der Waals surface area contributed by atoms with Crippen molar-refractivity contribution in [3.8, 4) is 0 Å². The summed E-state index contributed by atoms with van der Waals surface area (Å²) in [6.45, 7) is 2.39. The van der Waals surface area contributed by atoms with Gasteiger partial charge in [0.1, 0.15) is 0 Å². The Bertz CT molecular complexity index is 135. The van der Waals surface area contributed by atoms with Crippen molar-refractivity contribution >= 4 is 5.97 Å². The zero-order valence-corrected chi connectivity index (χ0v) is 7.84. The van der Waals surface area contributed by atoms with Crippen molar-refractivity contribution in [1.29, 1.82) is 0 Å². The zero-order chi connectivity index (χ0) is 8.81. The number of hydrogen-bond donors (Lipinski definition) is 0. The lowest BCUT2D eigenvalue weighted by atomic mass is 10.0. The molecule has 70 valence electrons. The predicted molar refractivity (Wildman–Crippen MR) is 47.8 cm³/mol. The fourth-order valence-electron chi connectivity index (χ4n) is 1.78. The van der Waals surface area contributed by atoms with Crippen LogP contribution in [0.25, 0.3) is 0 Å². The van der Waals surface area contributed by atoms with Gasteiger partial charge in [-0.05, 0) is 19.8 Å². The van der Waals surface area contributed by atoms with E-state index in [1.807, 2.05) is 6.92 Å². The third-order valence-electron chi connectivity index (χ3n) is 2.48. The second-order valence-corrected chi connectivity index (χ2v) is 3.44. The summed E-state index contributed by atoms with van der Waals surface area (Å²) < 4.78 is 5.00. The monoisotopic (exact) mass is 170 g/mol. The Morgan fingerprint density at radius 2 is 1.83 bits per heavy atom. The van der Waals surface area contributed by atoms with Gasteiger partial charge in [0.2, 0.25) is 0 Å². The van der Waals surface area contributed by atoms with Crippen molar-refractivity contribution in [2.75, 3.05) is 6.61 Å². The van der Waals surface area contributed by atoms with Crippen LogP contribution in [0, 0.1) is 5.92 Å². The van der Waals surface area contributed by atoms with Gasteiger partial charge in [0, 0.05) is 0 Å². The van der Waals surface area contributed by atoms with Gasteiger partial charge < -0.3 is 4.74 Å². The first kappa shape index (κ1) is 9.56. The standard InChI is InChI=1S/C10H18O2/c1-2-12-10(11)9-7-5-3-4-6-8-9/h9H,2-8H2,1H3. The van der Waals surface area contributed by atoms with Gasteiger partial charge >= 0.3 is 5.97 Å². The number of rotatable bonds is 2. The van der Waals surface area contributed by atoms with Crippen LogP contribution in [0.1, 0.15) is 45.4 Å². The largest absolute Gasteiger partial charge is 0.466 e. The van der Waals surface area contributed by atoms with E-state index < -0.39 is 0 Å². The minimum absolute atomic E-state index is 0.0272. The van der Waals surface area contributed by atoms with E-state index in [2.05, 4.69) is 0 Å². The Hall–Kier alpha value is -0.530. The summed E-state index contributed by atoms with van der Waals surface area (Å²) in [4.78, 5) is 11.3. The van der Waals surface area contributed by atoms with E-state index in [1.165, 1.54) is 25.7 Å². The van der Waals surface area contributed by atoms with Gasteiger partial charge in [-0.1, -0.05) is 25.7 Å². The van der Waals surface area contributed by atoms with Gasteiger partial charge in [-0.15, -0.1) is 0 Å². The van der Waals surface area contributed by atoms with Crippen LogP contribution in [0.4, 0.5) is 0 Å². The van der Waals surface area contributed by atoms with E-state index >= 15 is 0 Å². The molecule has 1 rings (SSSR count). The molecule has 0 aromatic heterocycles. The molecule has 1 fully saturated rings. The van der Waals surface area contributed by atoms with Crippen molar-refractivity contribution in [2.45, 2.75) is 45.4 Å². The maximum absolute atomic E-state index is 11.3. The first-order valence-electron chi connectivity index (χ1n) is 5.01. The van der Waals surface area contributed by atoms with E-state index in [4.69, 9.17) is 4.74 Å². The van der Waals surface area contributed by atoms with Gasteiger partial charge in [0.05, 0.1) is 12.5 Å². The Balaban J connectivity index is 2.32. The molecule has 2 nitrogen and oxygen atoms in total. The van der Waals surface area contributed by atoms with E-state index in [0.717, 1.165) is 12.8 Å². The van der Waals surface area contributed by atoms with Crippen molar-refractivity contribution in [1.82, 2.24) is 0 Å². The number of ether oxygens (including phenoxy) is 1. The number of carbonyl (C=O) groups is 1. The summed E-state index contributed by atoms with van der Waals surface area (Å²) in [7, 11) is 0. The number of esters is 1. The topological polar surface area (TPSA) is 26.3 Å². The lowest BCUT2D eigenvalue weighted by Gasteiger charge is -2.11. The van der Waals surface area contributed by atoms with Gasteiger partial charge in [-0.2, -0.15) is 0 Å². The average molecular weight is 170 g/mol. The van der Waals surface area contributed by atoms with E-state index in [9.17, 15) is 4.79 Å². The van der Waals surface area contributed by atoms with Gasteiger partial charge in [0.25, 0.3) is 0 Å². The molecule has 1 aliphatic rings. The van der Waals surface area contributed by atoms with E-state index in [1.54, 1.807) is 0 Å². The highest BCUT2D eigenvalue weighted by Crippen LogP contribution is 2.23. The first-order valence-corrected chi connectivity index (χ1v) is 5.01. The van der Waals surface area contributed by atoms with Crippen LogP contribution in [0.15, 0.2) is 0 Å². The van der Waals surface area contributed by atoms with Crippen LogP contribution >= 0.6 is 0 Å². The summed E-state index contributed by atoms with van der Waals surface area (Å²) in [5, 5.41) is 0. The molecule has 1 aliphatic carbocycles. The average Bonchev–Trinajstić information content (AvgIpc) is 2.32. The van der Waals surface area contributed by atoms with Crippen LogP contribution < -0.4 is 0 Å². The van der Waals surface area contributed by atoms with Gasteiger partial charge in [-0.3, -0.25) is 4.79 Å². The van der Waals surface area contributed by atoms with Crippen LogP contribution in [-0.4, -0.2) is 12.6 Å². The maximum atomic E-state index is 11.3. The van der Waals surface area contributed by atoms with Crippen molar-refractivity contribution < 1.29 is 9.53 Å². The number of carbonyl (C=O) groups excluding carboxylic acids is 1. The third kappa shape index (κ3) is 2.84. The summed E-state index contributed by atoms with van der Waals surface area (Å²) >= 11 is 0. The highest BCUT2D eigenvalue weighted by Gasteiger charge is 2.20. The number of hydrogen-bond acceptors (Lipinski definition) is 2. The predicted octanol–water partition coefficient (Wildman–Crippen LogP) is 2.52. The van der Waals surface area contributed by atoms with Crippen LogP contribution in [-0.2, 0) is 9.53 Å². The lowest BCUT2D eigenvalue weighted by molar-refractivity contribution is -0.148. The van der Waals surface area contributed by atoms with E-state index in [0.29, 0.717) is 6.61 Å². The molecular formula is C10H18O2. The molecule has 0 atom stereocenters. The summed E-state index contributed by atoms with van der Waals surface area (Å²) in [6.07, 6.45) is 7.05. The molecule has 0 spiro atoms. The second-order valence-electron chi connectivity index (χ2n) is 3.44. The summed E-state index contributed by atoms with van der Waals surface area (Å²) in [5.74, 6) is 0.229. The molecule has 1 saturated carbocycles.